The zero-order chi connectivity index (χ0) is 20.7. The second-order valence-electron chi connectivity index (χ2n) is 8.81. The van der Waals surface area contributed by atoms with E-state index < -0.39 is 0 Å². The Morgan fingerprint density at radius 3 is 2.73 bits per heavy atom. The summed E-state index contributed by atoms with van der Waals surface area (Å²) in [6.45, 7) is 2.69. The Hall–Kier alpha value is -2.83. The lowest BCUT2D eigenvalue weighted by Gasteiger charge is -2.32. The van der Waals surface area contributed by atoms with Gasteiger partial charge in [-0.1, -0.05) is 25.3 Å². The van der Waals surface area contributed by atoms with Crippen molar-refractivity contribution in [2.75, 3.05) is 28.8 Å². The predicted molar refractivity (Wildman–Crippen MR) is 120 cm³/mol. The molecule has 2 heterocycles. The van der Waals surface area contributed by atoms with E-state index in [1.165, 1.54) is 32.1 Å². The van der Waals surface area contributed by atoms with Crippen LogP contribution in [0.1, 0.15) is 60.9 Å². The summed E-state index contributed by atoms with van der Waals surface area (Å²) in [6, 6.07) is 6.79. The number of carbonyl (C=O) groups excluding carboxylic acids is 1. The first kappa shape index (κ1) is 19.2. The zero-order valence-electron chi connectivity index (χ0n) is 17.8. The topological polar surface area (TPSA) is 73.4 Å². The standard InChI is InChI=1S/C23H30N6O/c1-15-8-9-16(23(30)27-17-10-11-17)12-19(15)29-14-26-20-21(24-13-25-22(20)29)28(2)18-6-4-3-5-7-18/h8-9,12-13,17-18,26H,3-7,10-11,14H2,1-2H3,(H,27,30). The van der Waals surface area contributed by atoms with E-state index >= 15 is 0 Å². The first-order valence-corrected chi connectivity index (χ1v) is 11.1. The van der Waals surface area contributed by atoms with E-state index in [9.17, 15) is 4.79 Å². The average Bonchev–Trinajstić information content (AvgIpc) is 3.49. The van der Waals surface area contributed by atoms with Crippen molar-refractivity contribution < 1.29 is 4.79 Å². The molecule has 7 nitrogen and oxygen atoms in total. The molecule has 2 fully saturated rings. The van der Waals surface area contributed by atoms with Gasteiger partial charge >= 0.3 is 0 Å². The van der Waals surface area contributed by atoms with Gasteiger partial charge in [0.05, 0.1) is 6.67 Å². The maximum atomic E-state index is 12.6. The van der Waals surface area contributed by atoms with Crippen LogP contribution in [0.2, 0.25) is 0 Å². The Labute approximate surface area is 177 Å². The van der Waals surface area contributed by atoms with E-state index in [2.05, 4.69) is 44.4 Å². The number of aryl methyl sites for hydroxylation is 1. The van der Waals surface area contributed by atoms with Crippen LogP contribution >= 0.6 is 0 Å². The Morgan fingerprint density at radius 2 is 1.97 bits per heavy atom. The van der Waals surface area contributed by atoms with Crippen LogP contribution in [0.4, 0.5) is 23.0 Å². The highest BCUT2D eigenvalue weighted by Crippen LogP contribution is 2.42. The summed E-state index contributed by atoms with van der Waals surface area (Å²) in [4.78, 5) is 26.3. The van der Waals surface area contributed by atoms with Gasteiger partial charge in [-0.2, -0.15) is 0 Å². The maximum absolute atomic E-state index is 12.6. The Balaban J connectivity index is 1.44. The molecule has 1 aliphatic heterocycles. The highest BCUT2D eigenvalue weighted by atomic mass is 16.1. The summed E-state index contributed by atoms with van der Waals surface area (Å²) in [5.41, 5.74) is 3.81. The van der Waals surface area contributed by atoms with E-state index in [-0.39, 0.29) is 5.91 Å². The van der Waals surface area contributed by atoms with E-state index in [4.69, 9.17) is 0 Å². The zero-order valence-corrected chi connectivity index (χ0v) is 17.8. The SMILES string of the molecule is Cc1ccc(C(=O)NC2CC2)cc1N1CNc2c1ncnc2N(C)C1CCCCC1. The van der Waals surface area contributed by atoms with Crippen molar-refractivity contribution in [1.82, 2.24) is 15.3 Å². The molecule has 2 saturated carbocycles. The van der Waals surface area contributed by atoms with Crippen LogP contribution in [0, 0.1) is 6.92 Å². The summed E-state index contributed by atoms with van der Waals surface area (Å²) in [7, 11) is 2.15. The number of amides is 1. The number of aromatic nitrogens is 2. The molecule has 0 atom stereocenters. The summed E-state index contributed by atoms with van der Waals surface area (Å²) >= 11 is 0. The van der Waals surface area contributed by atoms with Crippen molar-refractivity contribution in [3.8, 4) is 0 Å². The molecule has 0 radical (unpaired) electrons. The number of nitrogens with zero attached hydrogens (tertiary/aromatic N) is 4. The van der Waals surface area contributed by atoms with Gasteiger partial charge < -0.3 is 20.4 Å². The fourth-order valence-electron chi connectivity index (χ4n) is 4.61. The average molecular weight is 407 g/mol. The van der Waals surface area contributed by atoms with Gasteiger partial charge in [0.1, 0.15) is 12.0 Å². The van der Waals surface area contributed by atoms with Crippen LogP contribution in [-0.2, 0) is 0 Å². The van der Waals surface area contributed by atoms with Gasteiger partial charge in [-0.15, -0.1) is 0 Å². The van der Waals surface area contributed by atoms with Crippen molar-refractivity contribution in [1.29, 1.82) is 0 Å². The minimum atomic E-state index is 0.00605. The van der Waals surface area contributed by atoms with Crippen LogP contribution < -0.4 is 20.4 Å². The van der Waals surface area contributed by atoms with Gasteiger partial charge in [-0.05, 0) is 50.3 Å². The Bertz CT molecular complexity index is 951. The van der Waals surface area contributed by atoms with Crippen molar-refractivity contribution in [2.45, 2.75) is 64.0 Å². The van der Waals surface area contributed by atoms with Gasteiger partial charge in [0.2, 0.25) is 0 Å². The third-order valence-corrected chi connectivity index (χ3v) is 6.61. The summed E-state index contributed by atoms with van der Waals surface area (Å²) in [6.07, 6.45) is 10.2. The van der Waals surface area contributed by atoms with Crippen molar-refractivity contribution >= 4 is 28.9 Å². The van der Waals surface area contributed by atoms with Crippen molar-refractivity contribution in [3.05, 3.63) is 35.7 Å². The minimum absolute atomic E-state index is 0.00605. The lowest BCUT2D eigenvalue weighted by molar-refractivity contribution is 0.0951. The number of nitrogens with one attached hydrogen (secondary N) is 2. The molecule has 2 aliphatic carbocycles. The highest BCUT2D eigenvalue weighted by molar-refractivity contribution is 5.96. The molecule has 1 aromatic heterocycles. The van der Waals surface area contributed by atoms with Gasteiger partial charge in [-0.25, -0.2) is 9.97 Å². The molecule has 0 bridgehead atoms. The fraction of sp³-hybridized carbons (Fsp3) is 0.522. The number of rotatable bonds is 5. The molecular weight excluding hydrogens is 376 g/mol. The minimum Gasteiger partial charge on any atom is -0.361 e. The van der Waals surface area contributed by atoms with Gasteiger partial charge in [0.25, 0.3) is 5.91 Å². The molecule has 1 amide bonds. The first-order valence-electron chi connectivity index (χ1n) is 11.1. The third-order valence-electron chi connectivity index (χ3n) is 6.61. The molecule has 30 heavy (non-hydrogen) atoms. The number of anilines is 4. The Morgan fingerprint density at radius 1 is 1.17 bits per heavy atom. The maximum Gasteiger partial charge on any atom is 0.251 e. The van der Waals surface area contributed by atoms with E-state index in [1.807, 2.05) is 18.2 Å². The number of hydrogen-bond donors (Lipinski definition) is 2. The van der Waals surface area contributed by atoms with E-state index in [0.29, 0.717) is 24.3 Å². The molecular formula is C23H30N6O. The number of fused-ring (bicyclic) bond motifs is 1. The fourth-order valence-corrected chi connectivity index (χ4v) is 4.61. The Kier molecular flexibility index (Phi) is 4.97. The number of carbonyl (C=O) groups is 1. The van der Waals surface area contributed by atoms with Crippen LogP contribution in [0.3, 0.4) is 0 Å². The molecule has 2 aromatic rings. The van der Waals surface area contributed by atoms with E-state index in [1.54, 1.807) is 6.33 Å². The predicted octanol–water partition coefficient (Wildman–Crippen LogP) is 3.97. The molecule has 0 saturated heterocycles. The van der Waals surface area contributed by atoms with Crippen LogP contribution in [0.15, 0.2) is 24.5 Å². The van der Waals surface area contributed by atoms with Gasteiger partial charge in [-0.3, -0.25) is 4.79 Å². The molecule has 158 valence electrons. The summed E-state index contributed by atoms with van der Waals surface area (Å²) in [5, 5.41) is 6.60. The quantitative estimate of drug-likeness (QED) is 0.783. The van der Waals surface area contributed by atoms with Crippen LogP contribution in [-0.4, -0.2) is 41.7 Å². The molecule has 2 N–H and O–H groups in total. The third kappa shape index (κ3) is 3.57. The molecule has 5 rings (SSSR count). The largest absolute Gasteiger partial charge is 0.361 e. The molecule has 3 aliphatic rings. The highest BCUT2D eigenvalue weighted by Gasteiger charge is 2.30. The van der Waals surface area contributed by atoms with Crippen molar-refractivity contribution in [2.24, 2.45) is 0 Å². The molecule has 1 aromatic carbocycles. The van der Waals surface area contributed by atoms with Gasteiger partial charge in [0.15, 0.2) is 11.6 Å². The summed E-state index contributed by atoms with van der Waals surface area (Å²) in [5.74, 6) is 1.85. The van der Waals surface area contributed by atoms with E-state index in [0.717, 1.165) is 41.4 Å². The molecule has 0 spiro atoms. The summed E-state index contributed by atoms with van der Waals surface area (Å²) < 4.78 is 0. The normalized spacial score (nSPS) is 18.7. The van der Waals surface area contributed by atoms with Crippen LogP contribution in [0.25, 0.3) is 0 Å². The lowest BCUT2D eigenvalue weighted by atomic mass is 9.94. The number of benzene rings is 1. The molecule has 0 unspecified atom stereocenters. The first-order chi connectivity index (χ1) is 14.6. The van der Waals surface area contributed by atoms with Gasteiger partial charge in [0, 0.05) is 30.4 Å². The smallest absolute Gasteiger partial charge is 0.251 e. The molecule has 7 heteroatoms. The second-order valence-corrected chi connectivity index (χ2v) is 8.81. The van der Waals surface area contributed by atoms with Crippen LogP contribution in [0.5, 0.6) is 0 Å². The lowest BCUT2D eigenvalue weighted by Crippen LogP contribution is -2.34. The monoisotopic (exact) mass is 406 g/mol. The second kappa shape index (κ2) is 7.78. The number of hydrogen-bond acceptors (Lipinski definition) is 6. The van der Waals surface area contributed by atoms with Crippen molar-refractivity contribution in [3.63, 3.8) is 0 Å².